The molecule has 2 aliphatic rings. The Balaban J connectivity index is 0.000000323. The number of carboxylic acid groups (broad SMARTS) is 1. The molecule has 18 heteroatoms. The minimum Gasteiger partial charge on any atom is -0.496 e. The zero-order valence-electron chi connectivity index (χ0n) is 30.7. The number of likely N-dealkylation sites (tertiary alicyclic amines) is 2. The molecule has 2 saturated heterocycles. The highest BCUT2D eigenvalue weighted by Gasteiger charge is 2.40. The lowest BCUT2D eigenvalue weighted by Crippen LogP contribution is -2.55. The lowest BCUT2D eigenvalue weighted by molar-refractivity contribution is -0.137. The van der Waals surface area contributed by atoms with Crippen LogP contribution in [0.15, 0.2) is 65.6 Å². The van der Waals surface area contributed by atoms with Crippen LogP contribution in [0.2, 0.25) is 0 Å². The molecule has 55 heavy (non-hydrogen) atoms. The highest BCUT2D eigenvalue weighted by atomic mass is 32.2. The number of nitrogens with one attached hydrogen (secondary N) is 1. The third-order valence-electron chi connectivity index (χ3n) is 9.06. The number of likely N-dealkylation sites (N-methyl/N-ethyl adjacent to an activating group) is 2. The van der Waals surface area contributed by atoms with E-state index >= 15 is 0 Å². The second kappa shape index (κ2) is 20.1. The summed E-state index contributed by atoms with van der Waals surface area (Å²) in [6.07, 6.45) is 0.0314. The summed E-state index contributed by atoms with van der Waals surface area (Å²) in [4.78, 5) is 26.1. The summed E-state index contributed by atoms with van der Waals surface area (Å²) in [5.41, 5.74) is 5.40. The van der Waals surface area contributed by atoms with Gasteiger partial charge in [0.1, 0.15) is 17.2 Å². The molecule has 3 aromatic carbocycles. The van der Waals surface area contributed by atoms with Gasteiger partial charge in [0, 0.05) is 18.0 Å². The maximum Gasteiger partial charge on any atom is 0.416 e. The van der Waals surface area contributed by atoms with Crippen LogP contribution in [0.1, 0.15) is 52.7 Å². The van der Waals surface area contributed by atoms with E-state index < -0.39 is 41.9 Å². The summed E-state index contributed by atoms with van der Waals surface area (Å²) >= 11 is 0.996. The zero-order valence-corrected chi connectivity index (χ0v) is 31.5. The molecule has 1 amide bonds. The molecular formula is C37H45F7N4O6S. The van der Waals surface area contributed by atoms with E-state index in [4.69, 9.17) is 20.4 Å². The lowest BCUT2D eigenvalue weighted by Gasteiger charge is -2.43. The van der Waals surface area contributed by atoms with Crippen molar-refractivity contribution in [1.82, 2.24) is 15.1 Å². The minimum atomic E-state index is -4.61. The molecule has 2 heterocycles. The Morgan fingerprint density at radius 2 is 1.44 bits per heavy atom. The molecule has 0 spiro atoms. The van der Waals surface area contributed by atoms with Gasteiger partial charge in [0.2, 0.25) is 0 Å². The number of benzene rings is 3. The Bertz CT molecular complexity index is 1700. The first-order valence-electron chi connectivity index (χ1n) is 16.9. The van der Waals surface area contributed by atoms with Crippen LogP contribution >= 0.6 is 11.8 Å². The Morgan fingerprint density at radius 1 is 0.909 bits per heavy atom. The predicted octanol–water partition coefficient (Wildman–Crippen LogP) is 7.26. The maximum absolute atomic E-state index is 13.5. The van der Waals surface area contributed by atoms with Crippen molar-refractivity contribution in [3.63, 3.8) is 0 Å². The van der Waals surface area contributed by atoms with Gasteiger partial charge in [-0.1, -0.05) is 24.3 Å². The number of nitrogens with two attached hydrogens (primary N) is 1. The van der Waals surface area contributed by atoms with Crippen LogP contribution in [0.3, 0.4) is 0 Å². The molecule has 3 aromatic rings. The van der Waals surface area contributed by atoms with Crippen molar-refractivity contribution in [1.29, 1.82) is 0 Å². The quantitative estimate of drug-likeness (QED) is 0.110. The molecule has 10 nitrogen and oxygen atoms in total. The number of amides is 1. The highest BCUT2D eigenvalue weighted by Crippen LogP contribution is 2.40. The van der Waals surface area contributed by atoms with E-state index in [-0.39, 0.29) is 34.2 Å². The minimum absolute atomic E-state index is 0.0180. The van der Waals surface area contributed by atoms with E-state index in [1.165, 1.54) is 25.3 Å². The number of carbonyl (C=O) groups is 2. The van der Waals surface area contributed by atoms with Crippen molar-refractivity contribution in [2.45, 2.75) is 61.1 Å². The van der Waals surface area contributed by atoms with Gasteiger partial charge >= 0.3 is 19.4 Å². The predicted molar refractivity (Wildman–Crippen MR) is 193 cm³/mol. The summed E-state index contributed by atoms with van der Waals surface area (Å²) in [5, 5.41) is 9.87. The van der Waals surface area contributed by atoms with Crippen molar-refractivity contribution < 1.29 is 59.6 Å². The summed E-state index contributed by atoms with van der Waals surface area (Å²) < 4.78 is 104. The van der Waals surface area contributed by atoms with E-state index in [0.29, 0.717) is 24.9 Å². The molecule has 4 N–H and O–H groups in total. The average molecular weight is 807 g/mol. The van der Waals surface area contributed by atoms with Crippen LogP contribution in [-0.2, 0) is 22.0 Å². The van der Waals surface area contributed by atoms with Crippen LogP contribution < -0.4 is 25.3 Å². The van der Waals surface area contributed by atoms with Crippen LogP contribution in [0.25, 0.3) is 0 Å². The van der Waals surface area contributed by atoms with Gasteiger partial charge in [-0.25, -0.2) is 0 Å². The smallest absolute Gasteiger partial charge is 0.416 e. The van der Waals surface area contributed by atoms with Crippen molar-refractivity contribution >= 4 is 24.1 Å². The Labute approximate surface area is 319 Å². The van der Waals surface area contributed by atoms with Crippen LogP contribution in [0, 0.1) is 0 Å². The van der Waals surface area contributed by atoms with Crippen LogP contribution in [-0.4, -0.2) is 94.1 Å². The summed E-state index contributed by atoms with van der Waals surface area (Å²) in [5.74, 6) is -0.706. The molecule has 304 valence electrons. The normalized spacial score (nSPS) is 20.4. The number of hydrogen-bond donors (Lipinski definition) is 3. The molecule has 0 bridgehead atoms. The van der Waals surface area contributed by atoms with E-state index in [9.17, 15) is 35.5 Å². The fourth-order valence-electron chi connectivity index (χ4n) is 6.75. The number of nitrogens with zero attached hydrogens (tertiary/aromatic N) is 2. The number of ether oxygens (including phenoxy) is 3. The molecule has 2 atom stereocenters. The van der Waals surface area contributed by atoms with Crippen LogP contribution in [0.5, 0.6) is 17.2 Å². The summed E-state index contributed by atoms with van der Waals surface area (Å²) in [7, 11) is 5.08. The van der Waals surface area contributed by atoms with Gasteiger partial charge in [-0.05, 0) is 107 Å². The number of alkyl halides is 7. The van der Waals surface area contributed by atoms with E-state index in [1.54, 1.807) is 30.5 Å². The largest absolute Gasteiger partial charge is 0.496 e. The second-order valence-corrected chi connectivity index (χ2v) is 13.9. The number of piperidine rings is 2. The van der Waals surface area contributed by atoms with Crippen LogP contribution in [0.4, 0.5) is 30.7 Å². The summed E-state index contributed by atoms with van der Waals surface area (Å²) in [6, 6.07) is 14.5. The molecule has 5 rings (SSSR count). The topological polar surface area (TPSA) is 127 Å². The summed E-state index contributed by atoms with van der Waals surface area (Å²) in [6.45, 7) is -3.17. The molecule has 2 unspecified atom stereocenters. The first-order valence-corrected chi connectivity index (χ1v) is 18.1. The van der Waals surface area contributed by atoms with Gasteiger partial charge in [-0.3, -0.25) is 9.59 Å². The van der Waals surface area contributed by atoms with Crippen molar-refractivity contribution in [2.75, 3.05) is 53.6 Å². The standard InChI is InChI=1S/C23H25F5N2O3S.C13H18F2N2O.CH2O2/c1-30-9-5-8-22(13-30,14-6-4-7-16(10-14)33-21(24)25)29-20(31)19-17(32-2)11-15(23(26,27)28)12-18(19)34-3;1-17-7-3-6-13(16,9-17)10-4-2-5-11(8-10)18-12(14)15;2-1-3/h4,6-7,10-12,21H,5,8-9,13H2,1-3H3,(H,29,31);2,4-5,8,12H,3,6-7,9,16H2,1H3;1H,(H,2,3). The fraction of sp³-hybridized carbons (Fsp3) is 0.459. The van der Waals surface area contributed by atoms with Gasteiger partial charge in [-0.15, -0.1) is 11.8 Å². The van der Waals surface area contributed by atoms with Gasteiger partial charge in [0.25, 0.3) is 12.4 Å². The zero-order chi connectivity index (χ0) is 41.0. The molecule has 2 aliphatic heterocycles. The first-order chi connectivity index (χ1) is 25.9. The SMILES string of the molecule is CN1CCCC(N)(c2cccc(OC(F)F)c2)C1.COc1cc(C(F)(F)F)cc(SC)c1C(=O)NC1(c2cccc(OC(F)F)c2)CCCN(C)C1.O=CO. The molecule has 0 radical (unpaired) electrons. The fourth-order valence-corrected chi connectivity index (χ4v) is 7.39. The Kier molecular flexibility index (Phi) is 16.5. The average Bonchev–Trinajstić information content (AvgIpc) is 3.11. The third kappa shape index (κ3) is 12.6. The molecule has 0 saturated carbocycles. The number of methoxy groups -OCH3 is 1. The highest BCUT2D eigenvalue weighted by molar-refractivity contribution is 7.98. The van der Waals surface area contributed by atoms with Gasteiger partial charge in [0.15, 0.2) is 0 Å². The second-order valence-electron chi connectivity index (χ2n) is 13.0. The van der Waals surface area contributed by atoms with Gasteiger partial charge in [-0.2, -0.15) is 30.7 Å². The van der Waals surface area contributed by atoms with Gasteiger partial charge in [0.05, 0.1) is 29.3 Å². The van der Waals surface area contributed by atoms with Crippen molar-refractivity contribution in [3.8, 4) is 17.2 Å². The Hall–Kier alpha value is -4.26. The van der Waals surface area contributed by atoms with E-state index in [1.807, 2.05) is 25.1 Å². The van der Waals surface area contributed by atoms with Crippen molar-refractivity contribution in [2.24, 2.45) is 5.73 Å². The molecule has 2 fully saturated rings. The van der Waals surface area contributed by atoms with E-state index in [0.717, 1.165) is 61.9 Å². The Morgan fingerprint density at radius 3 is 1.93 bits per heavy atom. The number of rotatable bonds is 10. The lowest BCUT2D eigenvalue weighted by atomic mass is 9.81. The molecule has 0 aromatic heterocycles. The number of carbonyl (C=O) groups excluding carboxylic acids is 1. The molecular weight excluding hydrogens is 761 g/mol. The monoisotopic (exact) mass is 806 g/mol. The first kappa shape index (κ1) is 45.1. The number of hydrogen-bond acceptors (Lipinski definition) is 9. The maximum atomic E-state index is 13.5. The number of halogens is 7. The molecule has 0 aliphatic carbocycles. The third-order valence-corrected chi connectivity index (χ3v) is 9.82. The van der Waals surface area contributed by atoms with Crippen molar-refractivity contribution in [3.05, 3.63) is 82.9 Å². The number of thioether (sulfide) groups is 1. The van der Waals surface area contributed by atoms with Gasteiger partial charge < -0.3 is 40.2 Å². The van der Waals surface area contributed by atoms with E-state index in [2.05, 4.69) is 19.7 Å².